The molecule has 0 fully saturated rings. The Kier molecular flexibility index (Phi) is 29.0. The largest absolute Gasteiger partial charge is 0.478 e. The number of hydrogen-bond acceptors (Lipinski definition) is 6. The number of ether oxygens (including phenoxy) is 1. The lowest BCUT2D eigenvalue weighted by Gasteiger charge is -1.97. The fraction of sp³-hybridized carbons (Fsp3) is 0.471. The second kappa shape index (κ2) is 23.8. The highest BCUT2D eigenvalue weighted by molar-refractivity contribution is 5.85. The number of aliphatic hydroxyl groups excluding tert-OH is 2. The van der Waals surface area contributed by atoms with Gasteiger partial charge in [-0.1, -0.05) is 33.1 Å². The van der Waals surface area contributed by atoms with Crippen molar-refractivity contribution < 1.29 is 39.5 Å². The van der Waals surface area contributed by atoms with E-state index in [9.17, 15) is 14.4 Å². The molecule has 8 heteroatoms. The fourth-order valence-electron chi connectivity index (χ4n) is 0.376. The molecule has 0 aliphatic carbocycles. The van der Waals surface area contributed by atoms with E-state index in [-0.39, 0.29) is 30.3 Å². The molecule has 0 heterocycles. The summed E-state index contributed by atoms with van der Waals surface area (Å²) in [6.45, 7) is 14.8. The summed E-state index contributed by atoms with van der Waals surface area (Å²) in [6.07, 6.45) is 3.15. The Morgan fingerprint density at radius 2 is 1.28 bits per heavy atom. The average Bonchev–Trinajstić information content (AvgIpc) is 2.56. The minimum Gasteiger partial charge on any atom is -0.478 e. The van der Waals surface area contributed by atoms with Gasteiger partial charge in [-0.2, -0.15) is 0 Å². The zero-order valence-corrected chi connectivity index (χ0v) is 15.2. The molecule has 0 aliphatic heterocycles. The number of carbonyl (C=O) groups is 3. The van der Waals surface area contributed by atoms with Crippen LogP contribution >= 0.6 is 0 Å². The smallest absolute Gasteiger partial charge is 0.330 e. The Balaban J connectivity index is -0.000000123. The van der Waals surface area contributed by atoms with Crippen LogP contribution in [-0.4, -0.2) is 58.2 Å². The maximum absolute atomic E-state index is 10.3. The van der Waals surface area contributed by atoms with E-state index in [2.05, 4.69) is 24.5 Å². The van der Waals surface area contributed by atoms with Crippen molar-refractivity contribution in [3.8, 4) is 0 Å². The van der Waals surface area contributed by atoms with E-state index in [1.807, 2.05) is 6.92 Å². The average molecular weight is 362 g/mol. The van der Waals surface area contributed by atoms with Gasteiger partial charge in [-0.25, -0.2) is 14.4 Å². The predicted molar refractivity (Wildman–Crippen MR) is 95.1 cm³/mol. The number of carbonyl (C=O) groups excluding carboxylic acids is 1. The highest BCUT2D eigenvalue weighted by Gasteiger charge is 1.91. The second-order valence-corrected chi connectivity index (χ2v) is 4.34. The quantitative estimate of drug-likeness (QED) is 0.305. The molecule has 0 radical (unpaired) electrons. The molecule has 0 amide bonds. The van der Waals surface area contributed by atoms with Crippen LogP contribution in [0.4, 0.5) is 0 Å². The first kappa shape index (κ1) is 30.4. The molecule has 0 unspecified atom stereocenters. The molecule has 0 aromatic rings. The molecule has 0 aliphatic rings. The van der Waals surface area contributed by atoms with Gasteiger partial charge in [-0.15, -0.1) is 0 Å². The van der Waals surface area contributed by atoms with Crippen LogP contribution in [0.15, 0.2) is 37.0 Å². The van der Waals surface area contributed by atoms with Crippen molar-refractivity contribution in [1.29, 1.82) is 0 Å². The number of hydrogen-bond donors (Lipinski definition) is 4. The first-order valence-corrected chi connectivity index (χ1v) is 7.30. The van der Waals surface area contributed by atoms with Crippen molar-refractivity contribution in [3.63, 3.8) is 0 Å². The summed E-state index contributed by atoms with van der Waals surface area (Å²) < 4.78 is 4.67. The number of esters is 1. The number of unbranched alkanes of at least 4 members (excludes halogenated alkanes) is 1. The molecule has 0 saturated heterocycles. The van der Waals surface area contributed by atoms with Gasteiger partial charge in [0.1, 0.15) is 0 Å². The highest BCUT2D eigenvalue weighted by Crippen LogP contribution is 1.88. The number of carboxylic acid groups (broad SMARTS) is 2. The molecule has 0 saturated carbocycles. The summed E-state index contributed by atoms with van der Waals surface area (Å²) in [5, 5.41) is 31.0. The third kappa shape index (κ3) is 44.9. The monoisotopic (exact) mass is 362 g/mol. The van der Waals surface area contributed by atoms with Crippen molar-refractivity contribution in [2.75, 3.05) is 19.8 Å². The Hall–Kier alpha value is -2.45. The van der Waals surface area contributed by atoms with Gasteiger partial charge >= 0.3 is 17.9 Å². The Morgan fingerprint density at radius 3 is 1.44 bits per heavy atom. The lowest BCUT2D eigenvalue weighted by molar-refractivity contribution is -0.138. The minimum atomic E-state index is -0.935. The maximum atomic E-state index is 10.3. The lowest BCUT2D eigenvalue weighted by atomic mass is 10.4. The Morgan fingerprint density at radius 1 is 0.960 bits per heavy atom. The predicted octanol–water partition coefficient (Wildman–Crippen LogP) is 1.78. The van der Waals surface area contributed by atoms with Gasteiger partial charge in [-0.05, 0) is 20.3 Å². The van der Waals surface area contributed by atoms with Crippen LogP contribution in [0.3, 0.4) is 0 Å². The van der Waals surface area contributed by atoms with Crippen LogP contribution in [-0.2, 0) is 19.1 Å². The Labute approximate surface area is 148 Å². The third-order valence-corrected chi connectivity index (χ3v) is 1.74. The fourth-order valence-corrected chi connectivity index (χ4v) is 0.376. The highest BCUT2D eigenvalue weighted by atomic mass is 16.5. The van der Waals surface area contributed by atoms with Crippen molar-refractivity contribution in [3.05, 3.63) is 37.0 Å². The van der Waals surface area contributed by atoms with E-state index in [1.54, 1.807) is 0 Å². The SMILES string of the molecule is C=C(C)C(=O)O.C=C(C)C(=O)O.C=CC(=O)OCCCC.OCCO. The van der Waals surface area contributed by atoms with Gasteiger partial charge in [0.25, 0.3) is 0 Å². The van der Waals surface area contributed by atoms with E-state index in [0.29, 0.717) is 6.61 Å². The van der Waals surface area contributed by atoms with Crippen molar-refractivity contribution in [2.45, 2.75) is 33.6 Å². The molecule has 0 spiro atoms. The minimum absolute atomic E-state index is 0.125. The summed E-state index contributed by atoms with van der Waals surface area (Å²) in [5.41, 5.74) is 0.352. The molecular weight excluding hydrogens is 332 g/mol. The summed E-state index contributed by atoms with van der Waals surface area (Å²) >= 11 is 0. The van der Waals surface area contributed by atoms with E-state index in [0.717, 1.165) is 12.8 Å². The van der Waals surface area contributed by atoms with Crippen molar-refractivity contribution in [1.82, 2.24) is 0 Å². The van der Waals surface area contributed by atoms with Gasteiger partial charge in [0.05, 0.1) is 19.8 Å². The van der Waals surface area contributed by atoms with Crippen LogP contribution in [0.25, 0.3) is 0 Å². The van der Waals surface area contributed by atoms with Gasteiger partial charge < -0.3 is 25.2 Å². The maximum Gasteiger partial charge on any atom is 0.330 e. The molecule has 0 rings (SSSR count). The van der Waals surface area contributed by atoms with Gasteiger partial charge in [0.2, 0.25) is 0 Å². The Bertz CT molecular complexity index is 363. The number of aliphatic hydroxyl groups is 2. The first-order chi connectivity index (χ1) is 11.5. The molecule has 0 atom stereocenters. The van der Waals surface area contributed by atoms with Crippen LogP contribution < -0.4 is 0 Å². The zero-order chi connectivity index (χ0) is 20.8. The number of carboxylic acids is 2. The molecule has 4 N–H and O–H groups in total. The molecule has 0 aromatic carbocycles. The summed E-state index contributed by atoms with van der Waals surface area (Å²) in [6, 6.07) is 0. The van der Waals surface area contributed by atoms with Crippen LogP contribution in [0, 0.1) is 0 Å². The van der Waals surface area contributed by atoms with Gasteiger partial charge in [-0.3, -0.25) is 0 Å². The molecule has 0 bridgehead atoms. The van der Waals surface area contributed by atoms with Gasteiger partial charge in [0, 0.05) is 17.2 Å². The molecular formula is C17H30O8. The van der Waals surface area contributed by atoms with Gasteiger partial charge in [0.15, 0.2) is 0 Å². The molecule has 0 aromatic heterocycles. The van der Waals surface area contributed by atoms with E-state index in [1.165, 1.54) is 19.9 Å². The van der Waals surface area contributed by atoms with Crippen molar-refractivity contribution in [2.24, 2.45) is 0 Å². The van der Waals surface area contributed by atoms with Crippen LogP contribution in [0.1, 0.15) is 33.6 Å². The van der Waals surface area contributed by atoms with E-state index in [4.69, 9.17) is 20.4 Å². The lowest BCUT2D eigenvalue weighted by Crippen LogP contribution is -2.00. The molecule has 146 valence electrons. The topological polar surface area (TPSA) is 141 Å². The number of aliphatic carboxylic acids is 2. The number of rotatable bonds is 7. The summed E-state index contributed by atoms with van der Waals surface area (Å²) in [7, 11) is 0. The standard InChI is InChI=1S/C7H12O2.2C4H6O2.C2H6O2/c1-3-5-6-9-7(8)4-2;2*1-3(2)4(5)6;3-1-2-4/h4H,2-3,5-6H2,1H3;2*1H2,2H3,(H,5,6);3-4H,1-2H2. The van der Waals surface area contributed by atoms with Crippen LogP contribution in [0.5, 0.6) is 0 Å². The zero-order valence-electron chi connectivity index (χ0n) is 15.2. The van der Waals surface area contributed by atoms with Crippen molar-refractivity contribution >= 4 is 17.9 Å². The normalized spacial score (nSPS) is 7.88. The molecule has 25 heavy (non-hydrogen) atoms. The second-order valence-electron chi connectivity index (χ2n) is 4.34. The first-order valence-electron chi connectivity index (χ1n) is 7.30. The molecule has 8 nitrogen and oxygen atoms in total. The summed E-state index contributed by atoms with van der Waals surface area (Å²) in [5.74, 6) is -2.20. The van der Waals surface area contributed by atoms with E-state index >= 15 is 0 Å². The third-order valence-electron chi connectivity index (χ3n) is 1.74. The summed E-state index contributed by atoms with van der Waals surface area (Å²) in [4.78, 5) is 29.5. The van der Waals surface area contributed by atoms with E-state index < -0.39 is 11.9 Å². The van der Waals surface area contributed by atoms with Crippen LogP contribution in [0.2, 0.25) is 0 Å².